The van der Waals surface area contributed by atoms with E-state index in [1.165, 1.54) is 40.3 Å². The Labute approximate surface area is 174 Å². The van der Waals surface area contributed by atoms with Gasteiger partial charge in [0.1, 0.15) is 5.82 Å². The zero-order valence-corrected chi connectivity index (χ0v) is 18.2. The van der Waals surface area contributed by atoms with Crippen LogP contribution in [0.15, 0.2) is 46.2 Å². The van der Waals surface area contributed by atoms with E-state index in [1.807, 2.05) is 0 Å². The first-order chi connectivity index (χ1) is 13.2. The summed E-state index contributed by atoms with van der Waals surface area (Å²) in [5.41, 5.74) is 1.19. The molecule has 0 saturated heterocycles. The lowest BCUT2D eigenvalue weighted by molar-refractivity contribution is -0.113. The quantitative estimate of drug-likeness (QED) is 0.606. The molecule has 0 heterocycles. The number of amides is 1. The van der Waals surface area contributed by atoms with Crippen LogP contribution < -0.4 is 5.32 Å². The molecule has 0 aliphatic carbocycles. The van der Waals surface area contributed by atoms with Crippen LogP contribution in [-0.2, 0) is 14.8 Å². The molecule has 2 aromatic rings. The van der Waals surface area contributed by atoms with Gasteiger partial charge < -0.3 is 5.32 Å². The fraction of sp³-hybridized carbons (Fsp3) is 0.316. The smallest absolute Gasteiger partial charge is 0.243 e. The molecule has 2 rings (SSSR count). The van der Waals surface area contributed by atoms with Crippen molar-refractivity contribution in [2.24, 2.45) is 0 Å². The van der Waals surface area contributed by atoms with Crippen LogP contribution >= 0.6 is 23.4 Å². The first-order valence-corrected chi connectivity index (χ1v) is 11.5. The average molecular weight is 445 g/mol. The highest BCUT2D eigenvalue weighted by Crippen LogP contribution is 2.26. The summed E-state index contributed by atoms with van der Waals surface area (Å²) in [4.78, 5) is 13.1. The normalized spacial score (nSPS) is 11.6. The highest BCUT2D eigenvalue weighted by Gasteiger charge is 2.22. The Morgan fingerprint density at radius 1 is 1.18 bits per heavy atom. The van der Waals surface area contributed by atoms with E-state index in [0.29, 0.717) is 23.7 Å². The van der Waals surface area contributed by atoms with Gasteiger partial charge in [-0.05, 0) is 42.8 Å². The number of hydrogen-bond acceptors (Lipinski definition) is 4. The Hall–Kier alpha value is -1.61. The van der Waals surface area contributed by atoms with Gasteiger partial charge in [-0.3, -0.25) is 4.79 Å². The average Bonchev–Trinajstić information content (AvgIpc) is 2.65. The van der Waals surface area contributed by atoms with Gasteiger partial charge in [-0.25, -0.2) is 12.8 Å². The molecule has 0 bridgehead atoms. The van der Waals surface area contributed by atoms with Crippen LogP contribution in [0.2, 0.25) is 5.02 Å². The molecule has 1 amide bonds. The van der Waals surface area contributed by atoms with E-state index in [4.69, 9.17) is 11.6 Å². The first kappa shape index (κ1) is 22.7. The molecule has 28 heavy (non-hydrogen) atoms. The molecule has 0 fully saturated rings. The molecule has 1 N–H and O–H groups in total. The molecule has 0 atom stereocenters. The highest BCUT2D eigenvalue weighted by molar-refractivity contribution is 8.00. The molecule has 0 aromatic heterocycles. The van der Waals surface area contributed by atoms with Crippen LogP contribution in [0.3, 0.4) is 0 Å². The Morgan fingerprint density at radius 3 is 2.46 bits per heavy atom. The summed E-state index contributed by atoms with van der Waals surface area (Å²) in [6.07, 6.45) is 0. The van der Waals surface area contributed by atoms with E-state index in [-0.39, 0.29) is 21.6 Å². The summed E-state index contributed by atoms with van der Waals surface area (Å²) in [5.74, 6) is -0.739. The second kappa shape index (κ2) is 9.73. The Balaban J connectivity index is 2.12. The van der Waals surface area contributed by atoms with Crippen LogP contribution in [-0.4, -0.2) is 37.5 Å². The minimum Gasteiger partial charge on any atom is -0.325 e. The standard InChI is InChI=1S/C19H22ClFN2O3S2/c1-4-23(5-2)28(25,26)15-8-6-13(3)18(11-15)22-19(24)12-27-14-7-9-17(21)16(20)10-14/h6-11H,4-5,12H2,1-3H3,(H,22,24). The summed E-state index contributed by atoms with van der Waals surface area (Å²) in [5, 5.41) is 2.74. The Kier molecular flexibility index (Phi) is 7.88. The van der Waals surface area contributed by atoms with Gasteiger partial charge in [0.15, 0.2) is 0 Å². The number of carbonyl (C=O) groups excluding carboxylic acids is 1. The lowest BCUT2D eigenvalue weighted by Gasteiger charge is -2.19. The van der Waals surface area contributed by atoms with Gasteiger partial charge in [0, 0.05) is 23.7 Å². The molecule has 0 aliphatic rings. The van der Waals surface area contributed by atoms with Crippen molar-refractivity contribution < 1.29 is 17.6 Å². The number of nitrogens with one attached hydrogen (secondary N) is 1. The van der Waals surface area contributed by atoms with E-state index < -0.39 is 15.8 Å². The number of nitrogens with zero attached hydrogens (tertiary/aromatic N) is 1. The number of rotatable bonds is 8. The van der Waals surface area contributed by atoms with Gasteiger partial charge in [0.25, 0.3) is 0 Å². The van der Waals surface area contributed by atoms with Gasteiger partial charge in [-0.2, -0.15) is 4.31 Å². The monoisotopic (exact) mass is 444 g/mol. The third-order valence-corrected chi connectivity index (χ3v) is 7.42. The van der Waals surface area contributed by atoms with E-state index in [0.717, 1.165) is 5.56 Å². The molecular formula is C19H22ClFN2O3S2. The minimum atomic E-state index is -3.61. The molecule has 0 unspecified atom stereocenters. The van der Waals surface area contributed by atoms with Crippen LogP contribution in [0.1, 0.15) is 19.4 Å². The second-order valence-electron chi connectivity index (χ2n) is 5.98. The summed E-state index contributed by atoms with van der Waals surface area (Å²) < 4.78 is 39.9. The van der Waals surface area contributed by atoms with E-state index >= 15 is 0 Å². The number of anilines is 1. The van der Waals surface area contributed by atoms with Crippen LogP contribution in [0.5, 0.6) is 0 Å². The molecule has 0 spiro atoms. The number of aryl methyl sites for hydroxylation is 1. The van der Waals surface area contributed by atoms with Crippen LogP contribution in [0.25, 0.3) is 0 Å². The fourth-order valence-electron chi connectivity index (χ4n) is 2.51. The zero-order chi connectivity index (χ0) is 20.9. The molecular weight excluding hydrogens is 423 g/mol. The number of benzene rings is 2. The molecule has 0 radical (unpaired) electrons. The van der Waals surface area contributed by atoms with E-state index in [9.17, 15) is 17.6 Å². The number of carbonyl (C=O) groups is 1. The molecule has 0 aliphatic heterocycles. The summed E-state index contributed by atoms with van der Waals surface area (Å²) in [6, 6.07) is 8.92. The second-order valence-corrected chi connectivity index (χ2v) is 9.37. The first-order valence-electron chi connectivity index (χ1n) is 8.67. The van der Waals surface area contributed by atoms with Gasteiger partial charge in [-0.1, -0.05) is 31.5 Å². The predicted octanol–water partition coefficient (Wildman–Crippen LogP) is 4.55. The third-order valence-electron chi connectivity index (χ3n) is 4.09. The SMILES string of the molecule is CCN(CC)S(=O)(=O)c1ccc(C)c(NC(=O)CSc2ccc(F)c(Cl)c2)c1. The lowest BCUT2D eigenvalue weighted by atomic mass is 10.2. The van der Waals surface area contributed by atoms with Crippen molar-refractivity contribution in [1.82, 2.24) is 4.31 Å². The largest absolute Gasteiger partial charge is 0.325 e. The van der Waals surface area contributed by atoms with Crippen molar-refractivity contribution in [3.8, 4) is 0 Å². The third kappa shape index (κ3) is 5.47. The summed E-state index contributed by atoms with van der Waals surface area (Å²) in [6.45, 7) is 6.07. The zero-order valence-electron chi connectivity index (χ0n) is 15.8. The van der Waals surface area contributed by atoms with Crippen LogP contribution in [0.4, 0.5) is 10.1 Å². The van der Waals surface area contributed by atoms with Gasteiger partial charge in [-0.15, -0.1) is 11.8 Å². The number of sulfonamides is 1. The maximum Gasteiger partial charge on any atom is 0.243 e. The number of halogens is 2. The highest BCUT2D eigenvalue weighted by atomic mass is 35.5. The Bertz CT molecular complexity index is 964. The molecule has 5 nitrogen and oxygen atoms in total. The molecule has 2 aromatic carbocycles. The van der Waals surface area contributed by atoms with Crippen molar-refractivity contribution in [1.29, 1.82) is 0 Å². The van der Waals surface area contributed by atoms with Gasteiger partial charge in [0.05, 0.1) is 15.7 Å². The van der Waals surface area contributed by atoms with Crippen molar-refractivity contribution in [2.75, 3.05) is 24.2 Å². The lowest BCUT2D eigenvalue weighted by Crippen LogP contribution is -2.30. The Morgan fingerprint density at radius 2 is 1.86 bits per heavy atom. The minimum absolute atomic E-state index is 0.00411. The number of thioether (sulfide) groups is 1. The van der Waals surface area contributed by atoms with Crippen molar-refractivity contribution in [3.05, 3.63) is 52.8 Å². The summed E-state index contributed by atoms with van der Waals surface area (Å²) in [7, 11) is -3.61. The topological polar surface area (TPSA) is 66.5 Å². The number of hydrogen-bond donors (Lipinski definition) is 1. The molecule has 0 saturated carbocycles. The van der Waals surface area contributed by atoms with E-state index in [1.54, 1.807) is 32.9 Å². The van der Waals surface area contributed by atoms with Crippen molar-refractivity contribution in [3.63, 3.8) is 0 Å². The maximum absolute atomic E-state index is 13.2. The summed E-state index contributed by atoms with van der Waals surface area (Å²) >= 11 is 6.95. The maximum atomic E-state index is 13.2. The fourth-order valence-corrected chi connectivity index (χ4v) is 4.98. The van der Waals surface area contributed by atoms with Crippen LogP contribution in [0, 0.1) is 12.7 Å². The van der Waals surface area contributed by atoms with Crippen molar-refractivity contribution >= 4 is 45.0 Å². The molecule has 152 valence electrons. The molecule has 9 heteroatoms. The predicted molar refractivity (Wildman–Crippen MR) is 112 cm³/mol. The van der Waals surface area contributed by atoms with E-state index in [2.05, 4.69) is 5.32 Å². The van der Waals surface area contributed by atoms with Crippen molar-refractivity contribution in [2.45, 2.75) is 30.6 Å². The van der Waals surface area contributed by atoms with Gasteiger partial charge >= 0.3 is 0 Å². The van der Waals surface area contributed by atoms with Gasteiger partial charge in [0.2, 0.25) is 15.9 Å².